The van der Waals surface area contributed by atoms with Gasteiger partial charge < -0.3 is 15.0 Å². The molecule has 0 spiro atoms. The third kappa shape index (κ3) is 4.05. The van der Waals surface area contributed by atoms with Gasteiger partial charge in [-0.2, -0.15) is 0 Å². The molecule has 0 saturated carbocycles. The SMILES string of the molecule is C=CCc1c(OCCCNCC(C)C)ccc2c1[nH]c1ccccc12. The van der Waals surface area contributed by atoms with E-state index in [-0.39, 0.29) is 0 Å². The highest BCUT2D eigenvalue weighted by atomic mass is 16.5. The van der Waals surface area contributed by atoms with Crippen LogP contribution in [-0.4, -0.2) is 24.7 Å². The Morgan fingerprint density at radius 1 is 1.16 bits per heavy atom. The molecule has 0 unspecified atom stereocenters. The van der Waals surface area contributed by atoms with Crippen LogP contribution in [0.4, 0.5) is 0 Å². The van der Waals surface area contributed by atoms with Gasteiger partial charge in [-0.1, -0.05) is 38.1 Å². The summed E-state index contributed by atoms with van der Waals surface area (Å²) in [5.74, 6) is 1.65. The van der Waals surface area contributed by atoms with Gasteiger partial charge in [-0.05, 0) is 50.0 Å². The Bertz CT molecular complexity index is 848. The maximum Gasteiger partial charge on any atom is 0.124 e. The molecule has 1 heterocycles. The number of hydrogen-bond acceptors (Lipinski definition) is 2. The highest BCUT2D eigenvalue weighted by molar-refractivity contribution is 6.08. The number of rotatable bonds is 9. The van der Waals surface area contributed by atoms with Crippen molar-refractivity contribution < 1.29 is 4.74 Å². The second-order valence-electron chi connectivity index (χ2n) is 6.93. The number of aromatic amines is 1. The summed E-state index contributed by atoms with van der Waals surface area (Å²) in [5, 5.41) is 5.96. The minimum absolute atomic E-state index is 0.685. The lowest BCUT2D eigenvalue weighted by molar-refractivity contribution is 0.305. The fourth-order valence-electron chi connectivity index (χ4n) is 3.21. The number of aromatic nitrogens is 1. The number of ether oxygens (including phenoxy) is 1. The number of H-pyrrole nitrogens is 1. The Kier molecular flexibility index (Phi) is 5.77. The molecular formula is C22H28N2O. The summed E-state index contributed by atoms with van der Waals surface area (Å²) in [4.78, 5) is 3.55. The van der Waals surface area contributed by atoms with Gasteiger partial charge in [0, 0.05) is 21.9 Å². The summed E-state index contributed by atoms with van der Waals surface area (Å²) >= 11 is 0. The van der Waals surface area contributed by atoms with Crippen molar-refractivity contribution in [3.05, 3.63) is 54.6 Å². The van der Waals surface area contributed by atoms with E-state index in [4.69, 9.17) is 4.74 Å². The third-order valence-electron chi connectivity index (χ3n) is 4.40. The van der Waals surface area contributed by atoms with Gasteiger partial charge in [-0.15, -0.1) is 6.58 Å². The smallest absolute Gasteiger partial charge is 0.124 e. The van der Waals surface area contributed by atoms with Crippen molar-refractivity contribution in [2.45, 2.75) is 26.7 Å². The molecule has 2 N–H and O–H groups in total. The first-order valence-corrected chi connectivity index (χ1v) is 9.17. The van der Waals surface area contributed by atoms with Crippen molar-refractivity contribution >= 4 is 21.8 Å². The minimum atomic E-state index is 0.685. The summed E-state index contributed by atoms with van der Waals surface area (Å²) in [6, 6.07) is 12.7. The van der Waals surface area contributed by atoms with Crippen LogP contribution in [0.3, 0.4) is 0 Å². The van der Waals surface area contributed by atoms with E-state index in [1.165, 1.54) is 16.3 Å². The molecule has 0 saturated heterocycles. The van der Waals surface area contributed by atoms with Crippen LogP contribution in [0.1, 0.15) is 25.8 Å². The van der Waals surface area contributed by atoms with E-state index in [9.17, 15) is 0 Å². The van der Waals surface area contributed by atoms with Gasteiger partial charge >= 0.3 is 0 Å². The topological polar surface area (TPSA) is 37.0 Å². The van der Waals surface area contributed by atoms with E-state index in [2.05, 4.69) is 67.1 Å². The highest BCUT2D eigenvalue weighted by Gasteiger charge is 2.12. The van der Waals surface area contributed by atoms with Crippen molar-refractivity contribution in [2.24, 2.45) is 5.92 Å². The molecule has 0 aliphatic heterocycles. The number of fused-ring (bicyclic) bond motifs is 3. The second-order valence-corrected chi connectivity index (χ2v) is 6.93. The molecule has 0 fully saturated rings. The fourth-order valence-corrected chi connectivity index (χ4v) is 3.21. The normalized spacial score (nSPS) is 11.5. The van der Waals surface area contributed by atoms with Crippen molar-refractivity contribution in [3.63, 3.8) is 0 Å². The molecule has 3 heteroatoms. The number of para-hydroxylation sites is 1. The number of hydrogen-bond donors (Lipinski definition) is 2. The van der Waals surface area contributed by atoms with E-state index in [0.717, 1.165) is 49.3 Å². The second kappa shape index (κ2) is 8.21. The number of nitrogens with one attached hydrogen (secondary N) is 2. The van der Waals surface area contributed by atoms with Crippen LogP contribution in [0.2, 0.25) is 0 Å². The monoisotopic (exact) mass is 336 g/mol. The molecule has 0 amide bonds. The molecule has 2 aromatic carbocycles. The number of allylic oxidation sites excluding steroid dienone is 1. The molecule has 132 valence electrons. The van der Waals surface area contributed by atoms with Crippen LogP contribution in [-0.2, 0) is 6.42 Å². The van der Waals surface area contributed by atoms with Gasteiger partial charge in [0.05, 0.1) is 12.1 Å². The van der Waals surface area contributed by atoms with E-state index < -0.39 is 0 Å². The quantitative estimate of drug-likeness (QED) is 0.423. The molecule has 0 atom stereocenters. The predicted molar refractivity (Wildman–Crippen MR) is 108 cm³/mol. The van der Waals surface area contributed by atoms with Crippen LogP contribution >= 0.6 is 0 Å². The minimum Gasteiger partial charge on any atom is -0.493 e. The molecule has 1 aromatic heterocycles. The first kappa shape index (κ1) is 17.6. The summed E-state index contributed by atoms with van der Waals surface area (Å²) in [7, 11) is 0. The average Bonchev–Trinajstić information content (AvgIpc) is 2.98. The molecule has 0 radical (unpaired) electrons. The lowest BCUT2D eigenvalue weighted by atomic mass is 10.1. The van der Waals surface area contributed by atoms with E-state index in [0.29, 0.717) is 5.92 Å². The molecule has 25 heavy (non-hydrogen) atoms. The zero-order valence-electron chi connectivity index (χ0n) is 15.3. The molecule has 0 bridgehead atoms. The maximum absolute atomic E-state index is 6.09. The highest BCUT2D eigenvalue weighted by Crippen LogP contribution is 2.33. The van der Waals surface area contributed by atoms with Gasteiger partial charge in [0.2, 0.25) is 0 Å². The fraction of sp³-hybridized carbons (Fsp3) is 0.364. The first-order valence-electron chi connectivity index (χ1n) is 9.17. The van der Waals surface area contributed by atoms with Crippen LogP contribution in [0, 0.1) is 5.92 Å². The Hall–Kier alpha value is -2.26. The zero-order chi connectivity index (χ0) is 17.6. The maximum atomic E-state index is 6.09. The Balaban J connectivity index is 1.77. The largest absolute Gasteiger partial charge is 0.493 e. The van der Waals surface area contributed by atoms with Crippen molar-refractivity contribution in [3.8, 4) is 5.75 Å². The van der Waals surface area contributed by atoms with E-state index in [1.54, 1.807) is 0 Å². The Morgan fingerprint density at radius 2 is 2.00 bits per heavy atom. The third-order valence-corrected chi connectivity index (χ3v) is 4.40. The standard InChI is InChI=1S/C22H28N2O/c1-4-8-19-21(25-14-7-13-23-15-16(2)3)12-11-18-17-9-5-6-10-20(17)24-22(18)19/h4-6,9-12,16,23-24H,1,7-8,13-15H2,2-3H3. The summed E-state index contributed by atoms with van der Waals surface area (Å²) in [6.07, 6.45) is 3.74. The molecule has 3 aromatic rings. The Morgan fingerprint density at radius 3 is 2.80 bits per heavy atom. The van der Waals surface area contributed by atoms with Crippen molar-refractivity contribution in [1.82, 2.24) is 10.3 Å². The first-order chi connectivity index (χ1) is 12.2. The summed E-state index contributed by atoms with van der Waals surface area (Å²) in [5.41, 5.74) is 3.52. The Labute approximate surface area is 150 Å². The molecule has 0 aliphatic carbocycles. The lowest BCUT2D eigenvalue weighted by Crippen LogP contribution is -2.22. The van der Waals surface area contributed by atoms with Crippen LogP contribution in [0.5, 0.6) is 5.75 Å². The van der Waals surface area contributed by atoms with Crippen molar-refractivity contribution in [1.29, 1.82) is 0 Å². The number of benzene rings is 2. The molecule has 0 aliphatic rings. The molecular weight excluding hydrogens is 308 g/mol. The average molecular weight is 336 g/mol. The van der Waals surface area contributed by atoms with Crippen LogP contribution < -0.4 is 10.1 Å². The van der Waals surface area contributed by atoms with Gasteiger partial charge in [0.15, 0.2) is 0 Å². The van der Waals surface area contributed by atoms with Gasteiger partial charge in [-0.3, -0.25) is 0 Å². The van der Waals surface area contributed by atoms with Crippen LogP contribution in [0.25, 0.3) is 21.8 Å². The van der Waals surface area contributed by atoms with E-state index >= 15 is 0 Å². The zero-order valence-corrected chi connectivity index (χ0v) is 15.3. The van der Waals surface area contributed by atoms with Crippen LogP contribution in [0.15, 0.2) is 49.1 Å². The van der Waals surface area contributed by atoms with Gasteiger partial charge in [-0.25, -0.2) is 0 Å². The summed E-state index contributed by atoms with van der Waals surface area (Å²) in [6.45, 7) is 11.1. The van der Waals surface area contributed by atoms with Gasteiger partial charge in [0.25, 0.3) is 0 Å². The predicted octanol–water partition coefficient (Wildman–Crippen LogP) is 5.06. The molecule has 3 nitrogen and oxygen atoms in total. The van der Waals surface area contributed by atoms with Crippen molar-refractivity contribution in [2.75, 3.05) is 19.7 Å². The van der Waals surface area contributed by atoms with Gasteiger partial charge in [0.1, 0.15) is 5.75 Å². The van der Waals surface area contributed by atoms with E-state index in [1.807, 2.05) is 6.08 Å². The lowest BCUT2D eigenvalue weighted by Gasteiger charge is -2.12. The summed E-state index contributed by atoms with van der Waals surface area (Å²) < 4.78 is 6.09. The molecule has 3 rings (SSSR count).